The van der Waals surface area contributed by atoms with E-state index in [4.69, 9.17) is 4.74 Å². The summed E-state index contributed by atoms with van der Waals surface area (Å²) in [6.45, 7) is 9.13. The van der Waals surface area contributed by atoms with Crippen LogP contribution in [-0.4, -0.2) is 28.0 Å². The van der Waals surface area contributed by atoms with Crippen molar-refractivity contribution in [2.45, 2.75) is 58.3 Å². The topological polar surface area (TPSA) is 39.1 Å². The summed E-state index contributed by atoms with van der Waals surface area (Å²) < 4.78 is 7.68. The molecule has 0 saturated carbocycles. The van der Waals surface area contributed by atoms with Gasteiger partial charge in [0, 0.05) is 37.5 Å². The van der Waals surface area contributed by atoms with E-state index >= 15 is 0 Å². The van der Waals surface area contributed by atoms with Crippen molar-refractivity contribution < 1.29 is 4.74 Å². The predicted molar refractivity (Wildman–Crippen MR) is 67.8 cm³/mol. The van der Waals surface area contributed by atoms with Crippen molar-refractivity contribution >= 4 is 0 Å². The molecule has 2 rings (SSSR count). The number of nitrogens with one attached hydrogen (secondary N) is 1. The van der Waals surface area contributed by atoms with Gasteiger partial charge in [0.1, 0.15) is 0 Å². The molecule has 0 spiro atoms. The molecule has 1 aliphatic rings. The molecule has 1 saturated heterocycles. The van der Waals surface area contributed by atoms with Gasteiger partial charge in [-0.05, 0) is 33.6 Å². The van der Waals surface area contributed by atoms with E-state index in [0.717, 1.165) is 32.5 Å². The second kappa shape index (κ2) is 5.19. The van der Waals surface area contributed by atoms with Crippen LogP contribution in [0.25, 0.3) is 0 Å². The fourth-order valence-corrected chi connectivity index (χ4v) is 2.34. The lowest BCUT2D eigenvalue weighted by molar-refractivity contribution is -0.0630. The minimum atomic E-state index is 0.0174. The summed E-state index contributed by atoms with van der Waals surface area (Å²) in [7, 11) is 0. The van der Waals surface area contributed by atoms with E-state index in [-0.39, 0.29) is 5.60 Å². The quantitative estimate of drug-likeness (QED) is 0.870. The highest BCUT2D eigenvalue weighted by Crippen LogP contribution is 2.24. The average molecular weight is 237 g/mol. The van der Waals surface area contributed by atoms with Crippen LogP contribution in [0.4, 0.5) is 0 Å². The van der Waals surface area contributed by atoms with Crippen LogP contribution in [0.3, 0.4) is 0 Å². The predicted octanol–water partition coefficient (Wildman–Crippen LogP) is 1.95. The van der Waals surface area contributed by atoms with E-state index in [1.54, 1.807) is 0 Å². The lowest BCUT2D eigenvalue weighted by Gasteiger charge is -2.35. The van der Waals surface area contributed by atoms with Gasteiger partial charge in [0.05, 0.1) is 11.8 Å². The Hall–Kier alpha value is -0.870. The largest absolute Gasteiger partial charge is 0.375 e. The summed E-state index contributed by atoms with van der Waals surface area (Å²) in [6, 6.07) is 0.559. The van der Waals surface area contributed by atoms with Gasteiger partial charge in [0.15, 0.2) is 0 Å². The Balaban J connectivity index is 1.81. The van der Waals surface area contributed by atoms with Crippen LogP contribution < -0.4 is 5.32 Å². The molecule has 1 unspecified atom stereocenters. The number of aryl methyl sites for hydroxylation is 1. The molecule has 1 atom stereocenters. The zero-order valence-electron chi connectivity index (χ0n) is 11.1. The molecule has 4 heteroatoms. The molecule has 1 aromatic heterocycles. The Bertz CT molecular complexity index is 359. The minimum Gasteiger partial charge on any atom is -0.375 e. The van der Waals surface area contributed by atoms with Crippen molar-refractivity contribution in [3.8, 4) is 0 Å². The van der Waals surface area contributed by atoms with Gasteiger partial charge in [-0.2, -0.15) is 5.10 Å². The van der Waals surface area contributed by atoms with Crippen molar-refractivity contribution in [3.63, 3.8) is 0 Å². The second-order valence-electron chi connectivity index (χ2n) is 5.38. The molecule has 1 aliphatic heterocycles. The summed E-state index contributed by atoms with van der Waals surface area (Å²) in [5.41, 5.74) is 1.28. The SMILES string of the molecule is CCn1cc(CNC2CCOC(C)(C)C2)cn1. The lowest BCUT2D eigenvalue weighted by Crippen LogP contribution is -2.43. The molecular weight excluding hydrogens is 214 g/mol. The monoisotopic (exact) mass is 237 g/mol. The molecule has 0 aliphatic carbocycles. The third kappa shape index (κ3) is 3.54. The molecule has 0 aromatic carbocycles. The summed E-state index contributed by atoms with van der Waals surface area (Å²) in [4.78, 5) is 0. The highest BCUT2D eigenvalue weighted by atomic mass is 16.5. The van der Waals surface area contributed by atoms with Crippen molar-refractivity contribution in [3.05, 3.63) is 18.0 Å². The molecule has 0 radical (unpaired) electrons. The van der Waals surface area contributed by atoms with E-state index in [1.807, 2.05) is 10.9 Å². The summed E-state index contributed by atoms with van der Waals surface area (Å²) in [6.07, 6.45) is 6.23. The number of hydrogen-bond donors (Lipinski definition) is 1. The first-order valence-electron chi connectivity index (χ1n) is 6.48. The van der Waals surface area contributed by atoms with Gasteiger partial charge in [-0.15, -0.1) is 0 Å². The maximum atomic E-state index is 5.71. The van der Waals surface area contributed by atoms with E-state index in [2.05, 4.69) is 37.4 Å². The molecule has 1 N–H and O–H groups in total. The number of aromatic nitrogens is 2. The van der Waals surface area contributed by atoms with E-state index in [9.17, 15) is 0 Å². The van der Waals surface area contributed by atoms with Crippen LogP contribution in [0, 0.1) is 0 Å². The Labute approximate surface area is 103 Å². The number of nitrogens with zero attached hydrogens (tertiary/aromatic N) is 2. The van der Waals surface area contributed by atoms with E-state index in [0.29, 0.717) is 6.04 Å². The first kappa shape index (κ1) is 12.6. The molecule has 0 amide bonds. The minimum absolute atomic E-state index is 0.0174. The molecule has 2 heterocycles. The van der Waals surface area contributed by atoms with Crippen molar-refractivity contribution in [1.29, 1.82) is 0 Å². The van der Waals surface area contributed by atoms with Gasteiger partial charge >= 0.3 is 0 Å². The van der Waals surface area contributed by atoms with Gasteiger partial charge in [-0.1, -0.05) is 0 Å². The Morgan fingerprint density at radius 2 is 2.41 bits per heavy atom. The van der Waals surface area contributed by atoms with Gasteiger partial charge in [0.2, 0.25) is 0 Å². The highest BCUT2D eigenvalue weighted by molar-refractivity contribution is 5.03. The van der Waals surface area contributed by atoms with Gasteiger partial charge in [0.25, 0.3) is 0 Å². The zero-order valence-corrected chi connectivity index (χ0v) is 11.1. The van der Waals surface area contributed by atoms with Gasteiger partial charge < -0.3 is 10.1 Å². The molecule has 4 nitrogen and oxygen atoms in total. The molecular formula is C13H23N3O. The van der Waals surface area contributed by atoms with E-state index < -0.39 is 0 Å². The fraction of sp³-hybridized carbons (Fsp3) is 0.769. The molecule has 0 bridgehead atoms. The maximum absolute atomic E-state index is 5.71. The average Bonchev–Trinajstić information content (AvgIpc) is 2.73. The Morgan fingerprint density at radius 1 is 1.59 bits per heavy atom. The summed E-state index contributed by atoms with van der Waals surface area (Å²) >= 11 is 0. The molecule has 96 valence electrons. The zero-order chi connectivity index (χ0) is 12.3. The van der Waals surface area contributed by atoms with Crippen LogP contribution in [0.15, 0.2) is 12.4 Å². The van der Waals surface area contributed by atoms with Gasteiger partial charge in [-0.3, -0.25) is 4.68 Å². The van der Waals surface area contributed by atoms with Crippen LogP contribution >= 0.6 is 0 Å². The number of rotatable bonds is 4. The Morgan fingerprint density at radius 3 is 3.06 bits per heavy atom. The number of hydrogen-bond acceptors (Lipinski definition) is 3. The highest BCUT2D eigenvalue weighted by Gasteiger charge is 2.28. The first-order chi connectivity index (χ1) is 8.09. The first-order valence-corrected chi connectivity index (χ1v) is 6.48. The van der Waals surface area contributed by atoms with Crippen molar-refractivity contribution in [2.24, 2.45) is 0 Å². The maximum Gasteiger partial charge on any atom is 0.0641 e. The van der Waals surface area contributed by atoms with Crippen LogP contribution in [0.1, 0.15) is 39.2 Å². The van der Waals surface area contributed by atoms with Gasteiger partial charge in [-0.25, -0.2) is 0 Å². The Kier molecular flexibility index (Phi) is 3.84. The lowest BCUT2D eigenvalue weighted by atomic mass is 9.94. The molecule has 1 fully saturated rings. The fourth-order valence-electron chi connectivity index (χ4n) is 2.34. The molecule has 1 aromatic rings. The smallest absolute Gasteiger partial charge is 0.0641 e. The number of ether oxygens (including phenoxy) is 1. The van der Waals surface area contributed by atoms with Crippen LogP contribution in [-0.2, 0) is 17.8 Å². The van der Waals surface area contributed by atoms with Crippen molar-refractivity contribution in [1.82, 2.24) is 15.1 Å². The van der Waals surface area contributed by atoms with Crippen LogP contribution in [0.2, 0.25) is 0 Å². The third-order valence-electron chi connectivity index (χ3n) is 3.30. The standard InChI is InChI=1S/C13H23N3O/c1-4-16-10-11(9-15-16)8-14-12-5-6-17-13(2,3)7-12/h9-10,12,14H,4-8H2,1-3H3. The third-order valence-corrected chi connectivity index (χ3v) is 3.30. The normalized spacial score (nSPS) is 23.8. The van der Waals surface area contributed by atoms with E-state index in [1.165, 1.54) is 5.56 Å². The second-order valence-corrected chi connectivity index (χ2v) is 5.38. The van der Waals surface area contributed by atoms with Crippen molar-refractivity contribution in [2.75, 3.05) is 6.61 Å². The van der Waals surface area contributed by atoms with Crippen LogP contribution in [0.5, 0.6) is 0 Å². The summed E-state index contributed by atoms with van der Waals surface area (Å²) in [5, 5.41) is 7.88. The summed E-state index contributed by atoms with van der Waals surface area (Å²) in [5.74, 6) is 0. The molecule has 17 heavy (non-hydrogen) atoms.